The monoisotopic (exact) mass is 306 g/mol. The van der Waals surface area contributed by atoms with Gasteiger partial charge in [-0.05, 0) is 48.7 Å². The quantitative estimate of drug-likeness (QED) is 0.876. The molecule has 0 fully saturated rings. The maximum atomic E-state index is 10.4. The summed E-state index contributed by atoms with van der Waals surface area (Å²) >= 11 is 5.99. The van der Waals surface area contributed by atoms with Gasteiger partial charge in [0, 0.05) is 10.6 Å². The fourth-order valence-corrected chi connectivity index (χ4v) is 2.40. The van der Waals surface area contributed by atoms with Crippen molar-refractivity contribution >= 4 is 11.6 Å². The third-order valence-electron chi connectivity index (χ3n) is 3.42. The molecule has 3 nitrogen and oxygen atoms in total. The van der Waals surface area contributed by atoms with Crippen LogP contribution in [0.4, 0.5) is 0 Å². The number of hydrogen-bond acceptors (Lipinski definition) is 3. The summed E-state index contributed by atoms with van der Waals surface area (Å²) in [6, 6.07) is 13.1. The third-order valence-corrected chi connectivity index (χ3v) is 3.65. The van der Waals surface area contributed by atoms with Gasteiger partial charge in [-0.3, -0.25) is 0 Å². The largest absolute Gasteiger partial charge is 0.497 e. The summed E-state index contributed by atoms with van der Waals surface area (Å²) in [5.74, 6) is 1.48. The summed E-state index contributed by atoms with van der Waals surface area (Å²) in [6.07, 6.45) is 0.755. The summed E-state index contributed by atoms with van der Waals surface area (Å²) < 4.78 is 10.4. The standard InChI is InChI=1S/C17H19ClO3/c1-20-14-7-3-12(4-8-14)5-9-16(19)15-11-13(18)6-10-17(15)21-2/h3-4,6-8,10-11,16,19H,5,9H2,1-2H3. The molecule has 0 saturated carbocycles. The number of methoxy groups -OCH3 is 2. The van der Waals surface area contributed by atoms with Crippen molar-refractivity contribution in [2.45, 2.75) is 18.9 Å². The molecule has 0 amide bonds. The SMILES string of the molecule is COc1ccc(CCC(O)c2cc(Cl)ccc2OC)cc1. The van der Waals surface area contributed by atoms with E-state index in [1.807, 2.05) is 24.3 Å². The van der Waals surface area contributed by atoms with E-state index in [1.165, 1.54) is 0 Å². The van der Waals surface area contributed by atoms with E-state index in [4.69, 9.17) is 21.1 Å². The first kappa shape index (κ1) is 15.7. The van der Waals surface area contributed by atoms with Crippen LogP contribution in [0.25, 0.3) is 0 Å². The van der Waals surface area contributed by atoms with E-state index < -0.39 is 6.10 Å². The molecule has 112 valence electrons. The third kappa shape index (κ3) is 4.13. The van der Waals surface area contributed by atoms with Crippen LogP contribution < -0.4 is 9.47 Å². The van der Waals surface area contributed by atoms with Gasteiger partial charge in [-0.25, -0.2) is 0 Å². The van der Waals surface area contributed by atoms with Crippen molar-refractivity contribution in [3.8, 4) is 11.5 Å². The highest BCUT2D eigenvalue weighted by molar-refractivity contribution is 6.30. The zero-order chi connectivity index (χ0) is 15.2. The summed E-state index contributed by atoms with van der Waals surface area (Å²) in [5.41, 5.74) is 1.87. The molecular weight excluding hydrogens is 288 g/mol. The van der Waals surface area contributed by atoms with E-state index in [-0.39, 0.29) is 0 Å². The topological polar surface area (TPSA) is 38.7 Å². The van der Waals surface area contributed by atoms with Crippen LogP contribution in [0.15, 0.2) is 42.5 Å². The molecule has 0 saturated heterocycles. The Morgan fingerprint density at radius 1 is 1.05 bits per heavy atom. The molecule has 0 radical (unpaired) electrons. The average molecular weight is 307 g/mol. The summed E-state index contributed by atoms with van der Waals surface area (Å²) in [7, 11) is 3.23. The first-order valence-corrected chi connectivity index (χ1v) is 7.16. The van der Waals surface area contributed by atoms with Gasteiger partial charge in [-0.1, -0.05) is 23.7 Å². The Kier molecular flexibility index (Phi) is 5.48. The lowest BCUT2D eigenvalue weighted by Crippen LogP contribution is -2.02. The molecule has 2 rings (SSSR count). The second kappa shape index (κ2) is 7.34. The number of aliphatic hydroxyl groups excluding tert-OH is 1. The van der Waals surface area contributed by atoms with E-state index in [0.29, 0.717) is 17.2 Å². The van der Waals surface area contributed by atoms with Crippen LogP contribution in [0.2, 0.25) is 5.02 Å². The molecule has 0 aromatic heterocycles. The Morgan fingerprint density at radius 2 is 1.76 bits per heavy atom. The average Bonchev–Trinajstić information content (AvgIpc) is 2.53. The summed E-state index contributed by atoms with van der Waals surface area (Å²) in [5, 5.41) is 10.9. The lowest BCUT2D eigenvalue weighted by molar-refractivity contribution is 0.163. The van der Waals surface area contributed by atoms with E-state index in [2.05, 4.69) is 0 Å². The van der Waals surface area contributed by atoms with Gasteiger partial charge >= 0.3 is 0 Å². The maximum absolute atomic E-state index is 10.4. The normalized spacial score (nSPS) is 12.0. The van der Waals surface area contributed by atoms with Crippen LogP contribution in [-0.4, -0.2) is 19.3 Å². The number of ether oxygens (including phenoxy) is 2. The lowest BCUT2D eigenvalue weighted by atomic mass is 10.0. The molecular formula is C17H19ClO3. The fraction of sp³-hybridized carbons (Fsp3) is 0.294. The van der Waals surface area contributed by atoms with Crippen molar-refractivity contribution in [2.24, 2.45) is 0 Å². The number of hydrogen-bond donors (Lipinski definition) is 1. The van der Waals surface area contributed by atoms with Gasteiger partial charge in [0.1, 0.15) is 11.5 Å². The zero-order valence-corrected chi connectivity index (χ0v) is 12.9. The minimum atomic E-state index is -0.610. The van der Waals surface area contributed by atoms with E-state index in [9.17, 15) is 5.11 Å². The molecule has 0 bridgehead atoms. The number of aliphatic hydroxyl groups is 1. The Morgan fingerprint density at radius 3 is 2.38 bits per heavy atom. The zero-order valence-electron chi connectivity index (χ0n) is 12.2. The van der Waals surface area contributed by atoms with Gasteiger partial charge < -0.3 is 14.6 Å². The van der Waals surface area contributed by atoms with Crippen LogP contribution in [0.3, 0.4) is 0 Å². The molecule has 0 heterocycles. The Labute approximate surface area is 130 Å². The minimum absolute atomic E-state index is 0.592. The minimum Gasteiger partial charge on any atom is -0.497 e. The van der Waals surface area contributed by atoms with Crippen LogP contribution >= 0.6 is 11.6 Å². The molecule has 0 spiro atoms. The highest BCUT2D eigenvalue weighted by atomic mass is 35.5. The van der Waals surface area contributed by atoms with Crippen molar-refractivity contribution in [1.82, 2.24) is 0 Å². The molecule has 0 aliphatic carbocycles. The molecule has 2 aromatic rings. The van der Waals surface area contributed by atoms with Crippen molar-refractivity contribution < 1.29 is 14.6 Å². The molecule has 1 atom stereocenters. The molecule has 2 aromatic carbocycles. The second-order valence-corrected chi connectivity index (χ2v) is 5.23. The van der Waals surface area contributed by atoms with Crippen LogP contribution in [0, 0.1) is 0 Å². The van der Waals surface area contributed by atoms with Gasteiger partial charge in [-0.15, -0.1) is 0 Å². The predicted octanol–water partition coefficient (Wildman–Crippen LogP) is 4.02. The van der Waals surface area contributed by atoms with Crippen LogP contribution in [0.5, 0.6) is 11.5 Å². The van der Waals surface area contributed by atoms with E-state index >= 15 is 0 Å². The first-order valence-electron chi connectivity index (χ1n) is 6.78. The van der Waals surface area contributed by atoms with Crippen LogP contribution in [-0.2, 0) is 6.42 Å². The highest BCUT2D eigenvalue weighted by Gasteiger charge is 2.14. The Hall–Kier alpha value is -1.71. The van der Waals surface area contributed by atoms with Crippen molar-refractivity contribution in [3.05, 3.63) is 58.6 Å². The molecule has 0 aliphatic heterocycles. The van der Waals surface area contributed by atoms with E-state index in [0.717, 1.165) is 23.3 Å². The molecule has 0 aliphatic rings. The van der Waals surface area contributed by atoms with Gasteiger partial charge in [0.15, 0.2) is 0 Å². The maximum Gasteiger partial charge on any atom is 0.124 e. The summed E-state index contributed by atoms with van der Waals surface area (Å²) in [6.45, 7) is 0. The van der Waals surface area contributed by atoms with Crippen molar-refractivity contribution in [2.75, 3.05) is 14.2 Å². The van der Waals surface area contributed by atoms with Crippen molar-refractivity contribution in [3.63, 3.8) is 0 Å². The highest BCUT2D eigenvalue weighted by Crippen LogP contribution is 2.30. The van der Waals surface area contributed by atoms with Gasteiger partial charge in [0.25, 0.3) is 0 Å². The number of benzene rings is 2. The smallest absolute Gasteiger partial charge is 0.124 e. The van der Waals surface area contributed by atoms with Gasteiger partial charge in [-0.2, -0.15) is 0 Å². The van der Waals surface area contributed by atoms with E-state index in [1.54, 1.807) is 32.4 Å². The predicted molar refractivity (Wildman–Crippen MR) is 84.3 cm³/mol. The Bertz CT molecular complexity index is 581. The van der Waals surface area contributed by atoms with Crippen LogP contribution in [0.1, 0.15) is 23.7 Å². The van der Waals surface area contributed by atoms with Gasteiger partial charge in [0.05, 0.1) is 20.3 Å². The lowest BCUT2D eigenvalue weighted by Gasteiger charge is -2.15. The molecule has 1 N–H and O–H groups in total. The molecule has 4 heteroatoms. The number of rotatable bonds is 6. The number of aryl methyl sites for hydroxylation is 1. The fourth-order valence-electron chi connectivity index (χ4n) is 2.22. The number of halogens is 1. The first-order chi connectivity index (χ1) is 10.1. The van der Waals surface area contributed by atoms with Gasteiger partial charge in [0.2, 0.25) is 0 Å². The summed E-state index contributed by atoms with van der Waals surface area (Å²) in [4.78, 5) is 0. The van der Waals surface area contributed by atoms with Crippen molar-refractivity contribution in [1.29, 1.82) is 0 Å². The second-order valence-electron chi connectivity index (χ2n) is 4.79. The molecule has 1 unspecified atom stereocenters. The Balaban J connectivity index is 2.03. The molecule has 21 heavy (non-hydrogen) atoms.